The Labute approximate surface area is 103 Å². The summed E-state index contributed by atoms with van der Waals surface area (Å²) >= 11 is 0. The molecule has 1 aromatic rings. The van der Waals surface area contributed by atoms with E-state index in [4.69, 9.17) is 5.73 Å². The first-order chi connectivity index (χ1) is 8.02. The lowest BCUT2D eigenvalue weighted by molar-refractivity contribution is -0.118. The summed E-state index contributed by atoms with van der Waals surface area (Å²) in [7, 11) is 1.84. The minimum absolute atomic E-state index is 0.0144. The van der Waals surface area contributed by atoms with Gasteiger partial charge in [0.05, 0.1) is 0 Å². The molecule has 0 heterocycles. The van der Waals surface area contributed by atoms with Crippen molar-refractivity contribution in [3.8, 4) is 0 Å². The number of primary amides is 1. The highest BCUT2D eigenvalue weighted by Gasteiger charge is 2.11. The Morgan fingerprint density at radius 1 is 1.29 bits per heavy atom. The van der Waals surface area contributed by atoms with Crippen LogP contribution in [-0.4, -0.2) is 13.0 Å². The predicted octanol–water partition coefficient (Wildman–Crippen LogP) is 2.02. The van der Waals surface area contributed by atoms with Gasteiger partial charge >= 0.3 is 0 Å². The Morgan fingerprint density at radius 2 is 1.88 bits per heavy atom. The molecule has 3 nitrogen and oxygen atoms in total. The van der Waals surface area contributed by atoms with Crippen molar-refractivity contribution in [2.75, 3.05) is 7.05 Å². The maximum atomic E-state index is 10.9. The number of hydrogen-bond acceptors (Lipinski definition) is 2. The zero-order valence-corrected chi connectivity index (χ0v) is 10.9. The van der Waals surface area contributed by atoms with E-state index in [1.54, 1.807) is 0 Å². The summed E-state index contributed by atoms with van der Waals surface area (Å²) in [6, 6.07) is 8.41. The van der Waals surface area contributed by atoms with Crippen LogP contribution in [0.25, 0.3) is 0 Å². The summed E-state index contributed by atoms with van der Waals surface area (Å²) in [6.07, 6.45) is 1.42. The van der Waals surface area contributed by atoms with Crippen LogP contribution in [-0.2, 0) is 11.2 Å². The number of amides is 1. The van der Waals surface area contributed by atoms with Crippen LogP contribution in [0.1, 0.15) is 37.4 Å². The summed E-state index contributed by atoms with van der Waals surface area (Å²) in [5.41, 5.74) is 7.66. The van der Waals surface area contributed by atoms with Crippen molar-refractivity contribution < 1.29 is 4.79 Å². The molecule has 0 aromatic heterocycles. The zero-order valence-electron chi connectivity index (χ0n) is 10.9. The van der Waals surface area contributed by atoms with Gasteiger partial charge in [-0.1, -0.05) is 38.1 Å². The monoisotopic (exact) mass is 234 g/mol. The summed E-state index contributed by atoms with van der Waals surface area (Å²) in [5, 5.41) is 3.11. The lowest BCUT2D eigenvalue weighted by atomic mass is 9.98. The van der Waals surface area contributed by atoms with Gasteiger partial charge in [0.2, 0.25) is 5.91 Å². The van der Waals surface area contributed by atoms with Crippen LogP contribution >= 0.6 is 0 Å². The lowest BCUT2D eigenvalue weighted by Gasteiger charge is -2.15. The van der Waals surface area contributed by atoms with Crippen molar-refractivity contribution in [3.63, 3.8) is 0 Å². The van der Waals surface area contributed by atoms with Gasteiger partial charge in [-0.2, -0.15) is 0 Å². The Morgan fingerprint density at radius 3 is 2.29 bits per heavy atom. The van der Waals surface area contributed by atoms with Gasteiger partial charge in [-0.15, -0.1) is 0 Å². The first-order valence-electron chi connectivity index (χ1n) is 6.07. The fraction of sp³-hybridized carbons (Fsp3) is 0.500. The third kappa shape index (κ3) is 4.57. The molecule has 3 N–H and O–H groups in total. The molecule has 1 amide bonds. The molecular formula is C14H22N2O. The minimum atomic E-state index is -0.282. The van der Waals surface area contributed by atoms with Crippen LogP contribution in [0, 0.1) is 5.92 Å². The van der Waals surface area contributed by atoms with E-state index < -0.39 is 0 Å². The third-order valence-electron chi connectivity index (χ3n) is 2.78. The highest BCUT2D eigenvalue weighted by Crippen LogP contribution is 2.18. The molecule has 0 aliphatic rings. The molecular weight excluding hydrogens is 212 g/mol. The Hall–Kier alpha value is -1.35. The topological polar surface area (TPSA) is 55.1 Å². The summed E-state index contributed by atoms with van der Waals surface area (Å²) < 4.78 is 0. The number of carbonyl (C=O) groups excluding carboxylic acids is 1. The van der Waals surface area contributed by atoms with Crippen molar-refractivity contribution in [2.45, 2.75) is 32.7 Å². The van der Waals surface area contributed by atoms with E-state index >= 15 is 0 Å². The van der Waals surface area contributed by atoms with E-state index in [-0.39, 0.29) is 11.9 Å². The third-order valence-corrected chi connectivity index (χ3v) is 2.78. The van der Waals surface area contributed by atoms with E-state index in [1.807, 2.05) is 7.05 Å². The number of nitrogens with two attached hydrogens (primary N) is 1. The molecule has 0 radical (unpaired) electrons. The molecule has 0 bridgehead atoms. The number of benzene rings is 1. The van der Waals surface area contributed by atoms with E-state index in [2.05, 4.69) is 43.4 Å². The van der Waals surface area contributed by atoms with Crippen molar-refractivity contribution >= 4 is 5.91 Å². The summed E-state index contributed by atoms with van der Waals surface area (Å²) in [6.45, 7) is 4.41. The van der Waals surface area contributed by atoms with E-state index in [9.17, 15) is 4.79 Å². The highest BCUT2D eigenvalue weighted by molar-refractivity contribution is 5.74. The predicted molar refractivity (Wildman–Crippen MR) is 70.6 cm³/mol. The van der Waals surface area contributed by atoms with Crippen LogP contribution in [0.2, 0.25) is 0 Å². The quantitative estimate of drug-likeness (QED) is 0.791. The second-order valence-electron chi connectivity index (χ2n) is 4.85. The van der Waals surface area contributed by atoms with Crippen LogP contribution in [0.4, 0.5) is 0 Å². The van der Waals surface area contributed by atoms with Gasteiger partial charge < -0.3 is 11.1 Å². The fourth-order valence-corrected chi connectivity index (χ4v) is 1.95. The number of carbonyl (C=O) groups is 1. The van der Waals surface area contributed by atoms with Gasteiger partial charge in [0.15, 0.2) is 0 Å². The van der Waals surface area contributed by atoms with Crippen LogP contribution in [0.3, 0.4) is 0 Å². The second kappa shape index (κ2) is 6.40. The fourth-order valence-electron chi connectivity index (χ4n) is 1.95. The molecule has 0 saturated carbocycles. The normalized spacial score (nSPS) is 12.7. The molecule has 0 aliphatic heterocycles. The molecule has 0 saturated heterocycles. The molecule has 3 heteroatoms. The maximum Gasteiger partial charge on any atom is 0.219 e. The first kappa shape index (κ1) is 13.7. The average molecular weight is 234 g/mol. The first-order valence-corrected chi connectivity index (χ1v) is 6.07. The van der Waals surface area contributed by atoms with Crippen LogP contribution in [0.5, 0.6) is 0 Å². The molecule has 1 aromatic carbocycles. The largest absolute Gasteiger partial charge is 0.370 e. The number of hydrogen-bond donors (Lipinski definition) is 2. The number of rotatable bonds is 6. The Balaban J connectivity index is 2.74. The van der Waals surface area contributed by atoms with Gasteiger partial charge in [0, 0.05) is 12.5 Å². The molecule has 0 spiro atoms. The van der Waals surface area contributed by atoms with Crippen molar-refractivity contribution in [2.24, 2.45) is 11.7 Å². The lowest BCUT2D eigenvalue weighted by Crippen LogP contribution is -2.23. The van der Waals surface area contributed by atoms with Gasteiger partial charge in [0.25, 0.3) is 0 Å². The maximum absolute atomic E-state index is 10.9. The zero-order chi connectivity index (χ0) is 12.8. The SMILES string of the molecule is CNC(CC(N)=O)c1ccc(CC(C)C)cc1. The van der Waals surface area contributed by atoms with Crippen molar-refractivity contribution in [1.82, 2.24) is 5.32 Å². The standard InChI is InChI=1S/C14H22N2O/c1-10(2)8-11-4-6-12(7-5-11)13(16-3)9-14(15)17/h4-7,10,13,16H,8-9H2,1-3H3,(H2,15,17). The Kier molecular flexibility index (Phi) is 5.16. The average Bonchev–Trinajstić information content (AvgIpc) is 2.26. The van der Waals surface area contributed by atoms with E-state index in [0.29, 0.717) is 12.3 Å². The molecule has 17 heavy (non-hydrogen) atoms. The molecule has 0 fully saturated rings. The second-order valence-corrected chi connectivity index (χ2v) is 4.85. The van der Waals surface area contributed by atoms with Gasteiger partial charge in [-0.25, -0.2) is 0 Å². The van der Waals surface area contributed by atoms with Crippen LogP contribution in [0.15, 0.2) is 24.3 Å². The number of nitrogens with one attached hydrogen (secondary N) is 1. The van der Waals surface area contributed by atoms with Gasteiger partial charge in [-0.05, 0) is 30.5 Å². The van der Waals surface area contributed by atoms with Gasteiger partial charge in [-0.3, -0.25) is 4.79 Å². The molecule has 1 atom stereocenters. The van der Waals surface area contributed by atoms with Crippen molar-refractivity contribution in [1.29, 1.82) is 0 Å². The molecule has 94 valence electrons. The Bertz CT molecular complexity index is 357. The smallest absolute Gasteiger partial charge is 0.219 e. The molecule has 0 aliphatic carbocycles. The molecule has 1 rings (SSSR count). The van der Waals surface area contributed by atoms with E-state index in [0.717, 1.165) is 12.0 Å². The van der Waals surface area contributed by atoms with Crippen LogP contribution < -0.4 is 11.1 Å². The highest BCUT2D eigenvalue weighted by atomic mass is 16.1. The molecule has 1 unspecified atom stereocenters. The van der Waals surface area contributed by atoms with E-state index in [1.165, 1.54) is 5.56 Å². The summed E-state index contributed by atoms with van der Waals surface area (Å²) in [4.78, 5) is 10.9. The minimum Gasteiger partial charge on any atom is -0.370 e. The summed E-state index contributed by atoms with van der Waals surface area (Å²) in [5.74, 6) is 0.377. The van der Waals surface area contributed by atoms with Crippen molar-refractivity contribution in [3.05, 3.63) is 35.4 Å². The van der Waals surface area contributed by atoms with Gasteiger partial charge in [0.1, 0.15) is 0 Å².